The first-order chi connectivity index (χ1) is 4.34. The van der Waals surface area contributed by atoms with Crippen LogP contribution in [0.1, 0.15) is 6.92 Å². The van der Waals surface area contributed by atoms with Crippen LogP contribution in [0.15, 0.2) is 0 Å². The van der Waals surface area contributed by atoms with E-state index in [1.54, 1.807) is 5.43 Å². The van der Waals surface area contributed by atoms with E-state index in [1.807, 2.05) is 0 Å². The molecule has 0 aromatic heterocycles. The fourth-order valence-electron chi connectivity index (χ4n) is 0.300. The van der Waals surface area contributed by atoms with Gasteiger partial charge in [-0.15, -0.1) is 5.01 Å². The van der Waals surface area contributed by atoms with Crippen molar-refractivity contribution < 1.29 is 18.0 Å². The molecule has 0 radical (unpaired) electrons. The van der Waals surface area contributed by atoms with Crippen molar-refractivity contribution in [3.05, 3.63) is 0 Å². The van der Waals surface area contributed by atoms with Gasteiger partial charge in [0.25, 0.3) is 0 Å². The molecule has 0 saturated heterocycles. The first-order valence-electron chi connectivity index (χ1n) is 2.42. The molecule has 0 spiro atoms. The molecule has 3 nitrogen and oxygen atoms in total. The van der Waals surface area contributed by atoms with E-state index in [0.717, 1.165) is 14.0 Å². The van der Waals surface area contributed by atoms with Gasteiger partial charge in [0.05, 0.1) is 0 Å². The minimum absolute atomic E-state index is 0.213. The topological polar surface area (TPSA) is 32.3 Å². The first-order valence-corrected chi connectivity index (χ1v) is 2.42. The Morgan fingerprint density at radius 3 is 2.00 bits per heavy atom. The van der Waals surface area contributed by atoms with Gasteiger partial charge in [-0.2, -0.15) is 13.2 Å². The van der Waals surface area contributed by atoms with Crippen molar-refractivity contribution in [3.8, 4) is 0 Å². The Kier molecular flexibility index (Phi) is 2.65. The zero-order chi connectivity index (χ0) is 8.36. The number of rotatable bonds is 1. The Bertz CT molecular complexity index is 133. The second-order valence-electron chi connectivity index (χ2n) is 1.69. The van der Waals surface area contributed by atoms with E-state index in [0.29, 0.717) is 0 Å². The molecule has 1 N–H and O–H groups in total. The lowest BCUT2D eigenvalue weighted by atomic mass is 10.7. The van der Waals surface area contributed by atoms with Crippen molar-refractivity contribution in [3.63, 3.8) is 0 Å². The highest BCUT2D eigenvalue weighted by molar-refractivity contribution is 5.72. The molecule has 6 heteroatoms. The molecular formula is C4H7F3N2O. The molecule has 0 aliphatic carbocycles. The molecule has 10 heavy (non-hydrogen) atoms. The van der Waals surface area contributed by atoms with Crippen molar-refractivity contribution in [1.82, 2.24) is 10.4 Å². The Labute approximate surface area is 55.8 Å². The van der Waals surface area contributed by atoms with Crippen molar-refractivity contribution in [1.29, 1.82) is 0 Å². The fraction of sp³-hybridized carbons (Fsp3) is 0.750. The molecule has 0 aliphatic heterocycles. The lowest BCUT2D eigenvalue weighted by molar-refractivity contribution is -0.252. The molecule has 1 amide bonds. The predicted molar refractivity (Wildman–Crippen MR) is 27.6 cm³/mol. The van der Waals surface area contributed by atoms with Crippen LogP contribution in [0.2, 0.25) is 0 Å². The summed E-state index contributed by atoms with van der Waals surface area (Å²) in [5.41, 5.74) is 1.55. The lowest BCUT2D eigenvalue weighted by Crippen LogP contribution is -2.47. The number of nitrogens with one attached hydrogen (secondary N) is 1. The van der Waals surface area contributed by atoms with Gasteiger partial charge in [-0.25, -0.2) is 0 Å². The largest absolute Gasteiger partial charge is 0.477 e. The average Bonchev–Trinajstić information content (AvgIpc) is 1.60. The van der Waals surface area contributed by atoms with Gasteiger partial charge in [-0.3, -0.25) is 10.2 Å². The van der Waals surface area contributed by atoms with Crippen LogP contribution in [0.25, 0.3) is 0 Å². The van der Waals surface area contributed by atoms with Gasteiger partial charge >= 0.3 is 6.30 Å². The van der Waals surface area contributed by atoms with E-state index in [4.69, 9.17) is 0 Å². The first kappa shape index (κ1) is 9.22. The van der Waals surface area contributed by atoms with E-state index in [1.165, 1.54) is 0 Å². The number of carbonyl (C=O) groups excluding carboxylic acids is 1. The smallest absolute Gasteiger partial charge is 0.282 e. The maximum Gasteiger partial charge on any atom is 0.477 e. The summed E-state index contributed by atoms with van der Waals surface area (Å²) in [6.07, 6.45) is -4.51. The number of halogens is 3. The van der Waals surface area contributed by atoms with Crippen LogP contribution in [-0.4, -0.2) is 24.3 Å². The summed E-state index contributed by atoms with van der Waals surface area (Å²) in [6.45, 7) is 1.00. The Morgan fingerprint density at radius 1 is 1.50 bits per heavy atom. The minimum atomic E-state index is -4.51. The number of alkyl halides is 3. The molecule has 0 bridgehead atoms. The van der Waals surface area contributed by atoms with Crippen LogP contribution in [0, 0.1) is 0 Å². The zero-order valence-electron chi connectivity index (χ0n) is 5.49. The van der Waals surface area contributed by atoms with Gasteiger partial charge in [0.15, 0.2) is 0 Å². The summed E-state index contributed by atoms with van der Waals surface area (Å²) in [7, 11) is 0.724. The summed E-state index contributed by atoms with van der Waals surface area (Å²) in [5, 5.41) is -0.213. The second-order valence-corrected chi connectivity index (χ2v) is 1.69. The molecule has 0 rings (SSSR count). The standard InChI is InChI=1S/C4H7F3N2O/c1-3(10)8-9(2)4(5,6)7/h1-2H3,(H,8,10). The minimum Gasteiger partial charge on any atom is -0.282 e. The third kappa shape index (κ3) is 3.29. The average molecular weight is 156 g/mol. The van der Waals surface area contributed by atoms with Crippen LogP contribution in [0.3, 0.4) is 0 Å². The van der Waals surface area contributed by atoms with Gasteiger partial charge in [0.2, 0.25) is 5.91 Å². The van der Waals surface area contributed by atoms with Gasteiger partial charge in [0, 0.05) is 14.0 Å². The highest BCUT2D eigenvalue weighted by atomic mass is 19.4. The lowest BCUT2D eigenvalue weighted by Gasteiger charge is -2.19. The highest BCUT2D eigenvalue weighted by Gasteiger charge is 2.34. The monoisotopic (exact) mass is 156 g/mol. The number of hydrogen-bond acceptors (Lipinski definition) is 2. The van der Waals surface area contributed by atoms with Crippen molar-refractivity contribution in [2.75, 3.05) is 7.05 Å². The quantitative estimate of drug-likeness (QED) is 0.442. The number of carbonyl (C=O) groups is 1. The van der Waals surface area contributed by atoms with E-state index in [9.17, 15) is 18.0 Å². The normalized spacial score (nSPS) is 11.8. The SMILES string of the molecule is CC(=O)NN(C)C(F)(F)F. The predicted octanol–water partition coefficient (Wildman–Crippen LogP) is 0.489. The maximum absolute atomic E-state index is 11.5. The van der Waals surface area contributed by atoms with E-state index >= 15 is 0 Å². The van der Waals surface area contributed by atoms with Crippen LogP contribution >= 0.6 is 0 Å². The Hall–Kier alpha value is -0.780. The summed E-state index contributed by atoms with van der Waals surface area (Å²) in [5.74, 6) is -0.750. The number of hydrogen-bond donors (Lipinski definition) is 1. The maximum atomic E-state index is 11.5. The molecule has 60 valence electrons. The van der Waals surface area contributed by atoms with Crippen LogP contribution in [0.4, 0.5) is 13.2 Å². The van der Waals surface area contributed by atoms with Gasteiger partial charge in [0.1, 0.15) is 0 Å². The van der Waals surface area contributed by atoms with Crippen molar-refractivity contribution in [2.45, 2.75) is 13.2 Å². The molecule has 0 unspecified atom stereocenters. The van der Waals surface area contributed by atoms with E-state index in [-0.39, 0.29) is 5.01 Å². The van der Waals surface area contributed by atoms with E-state index in [2.05, 4.69) is 0 Å². The third-order valence-corrected chi connectivity index (χ3v) is 0.705. The van der Waals surface area contributed by atoms with Gasteiger partial charge < -0.3 is 0 Å². The molecule has 0 aliphatic rings. The Morgan fingerprint density at radius 2 is 1.90 bits per heavy atom. The Balaban J connectivity index is 3.85. The molecule has 0 atom stereocenters. The second kappa shape index (κ2) is 2.87. The number of nitrogens with zero attached hydrogens (tertiary/aromatic N) is 1. The van der Waals surface area contributed by atoms with Crippen molar-refractivity contribution >= 4 is 5.91 Å². The van der Waals surface area contributed by atoms with Gasteiger partial charge in [-0.1, -0.05) is 0 Å². The zero-order valence-corrected chi connectivity index (χ0v) is 5.49. The number of hydrazine groups is 1. The van der Waals surface area contributed by atoms with Gasteiger partial charge in [-0.05, 0) is 0 Å². The van der Waals surface area contributed by atoms with Crippen LogP contribution in [0.5, 0.6) is 0 Å². The van der Waals surface area contributed by atoms with Crippen LogP contribution < -0.4 is 5.43 Å². The molecule has 0 heterocycles. The molecule has 0 saturated carbocycles. The molecular weight excluding hydrogens is 149 g/mol. The summed E-state index contributed by atoms with van der Waals surface area (Å²) in [6, 6.07) is 0. The molecule has 0 aromatic carbocycles. The summed E-state index contributed by atoms with van der Waals surface area (Å²) in [4.78, 5) is 10.0. The van der Waals surface area contributed by atoms with E-state index < -0.39 is 12.2 Å². The highest BCUT2D eigenvalue weighted by Crippen LogP contribution is 2.15. The third-order valence-electron chi connectivity index (χ3n) is 0.705. The molecule has 0 aromatic rings. The van der Waals surface area contributed by atoms with Crippen molar-refractivity contribution in [2.24, 2.45) is 0 Å². The van der Waals surface area contributed by atoms with Crippen LogP contribution in [-0.2, 0) is 4.79 Å². The fourth-order valence-corrected chi connectivity index (χ4v) is 0.300. The number of amides is 1. The molecule has 0 fully saturated rings. The summed E-state index contributed by atoms with van der Waals surface area (Å²) >= 11 is 0. The summed E-state index contributed by atoms with van der Waals surface area (Å²) < 4.78 is 34.6.